The Hall–Kier alpha value is -1.06. The Kier molecular flexibility index (Phi) is 2.21. The van der Waals surface area contributed by atoms with Crippen LogP contribution in [-0.2, 0) is 5.60 Å². The Morgan fingerprint density at radius 2 is 2.00 bits per heavy atom. The zero-order valence-electron chi connectivity index (χ0n) is 8.20. The molecule has 3 N–H and O–H groups in total. The molecular weight excluding hydrogens is 178 g/mol. The molecule has 0 aromatic heterocycles. The van der Waals surface area contributed by atoms with E-state index in [1.165, 1.54) is 0 Å². The van der Waals surface area contributed by atoms with Gasteiger partial charge in [-0.05, 0) is 37.6 Å². The van der Waals surface area contributed by atoms with Gasteiger partial charge in [-0.2, -0.15) is 0 Å². The first kappa shape index (κ1) is 9.49. The molecule has 0 saturated carbocycles. The summed E-state index contributed by atoms with van der Waals surface area (Å²) in [4.78, 5) is 0. The third-order valence-electron chi connectivity index (χ3n) is 3.04. The summed E-state index contributed by atoms with van der Waals surface area (Å²) >= 11 is 0. The monoisotopic (exact) mass is 193 g/mol. The van der Waals surface area contributed by atoms with Gasteiger partial charge in [0.15, 0.2) is 0 Å². The van der Waals surface area contributed by atoms with Gasteiger partial charge in [-0.3, -0.25) is 0 Å². The van der Waals surface area contributed by atoms with Crippen LogP contribution in [-0.4, -0.2) is 22.8 Å². The van der Waals surface area contributed by atoms with E-state index in [4.69, 9.17) is 5.11 Å². The number of rotatable bonds is 1. The lowest BCUT2D eigenvalue weighted by molar-refractivity contribution is 0.0293. The fourth-order valence-electron chi connectivity index (χ4n) is 2.01. The van der Waals surface area contributed by atoms with E-state index in [9.17, 15) is 5.11 Å². The van der Waals surface area contributed by atoms with Crippen LogP contribution in [0.1, 0.15) is 18.9 Å². The summed E-state index contributed by atoms with van der Waals surface area (Å²) in [7, 11) is 0. The average Bonchev–Trinajstić information content (AvgIpc) is 2.49. The normalized spacial score (nSPS) is 32.0. The van der Waals surface area contributed by atoms with Crippen molar-refractivity contribution in [3.8, 4) is 5.75 Å². The first-order valence-electron chi connectivity index (χ1n) is 4.88. The van der Waals surface area contributed by atoms with Crippen LogP contribution in [0.25, 0.3) is 0 Å². The smallest absolute Gasteiger partial charge is 0.115 e. The molecule has 1 fully saturated rings. The molecule has 1 saturated heterocycles. The molecule has 2 unspecified atom stereocenters. The van der Waals surface area contributed by atoms with Gasteiger partial charge in [0.1, 0.15) is 11.4 Å². The van der Waals surface area contributed by atoms with Crippen molar-refractivity contribution in [1.82, 2.24) is 5.32 Å². The van der Waals surface area contributed by atoms with E-state index in [-0.39, 0.29) is 11.8 Å². The van der Waals surface area contributed by atoms with Crippen LogP contribution in [0, 0.1) is 0 Å². The number of nitrogens with one attached hydrogen (secondary N) is 1. The zero-order chi connectivity index (χ0) is 10.2. The summed E-state index contributed by atoms with van der Waals surface area (Å²) in [5.74, 6) is 0.232. The SMILES string of the molecule is CC1NCCC1(O)c1ccc(O)cc1. The van der Waals surface area contributed by atoms with Crippen LogP contribution in [0.5, 0.6) is 5.75 Å². The number of benzene rings is 1. The van der Waals surface area contributed by atoms with Gasteiger partial charge in [0.25, 0.3) is 0 Å². The van der Waals surface area contributed by atoms with Crippen molar-refractivity contribution < 1.29 is 10.2 Å². The maximum atomic E-state index is 10.4. The predicted octanol–water partition coefficient (Wildman–Crippen LogP) is 0.962. The van der Waals surface area contributed by atoms with Crippen LogP contribution >= 0.6 is 0 Å². The molecule has 0 radical (unpaired) electrons. The molecule has 2 rings (SSSR count). The summed E-state index contributed by atoms with van der Waals surface area (Å²) in [5.41, 5.74) is 0.0843. The minimum Gasteiger partial charge on any atom is -0.508 e. The Morgan fingerprint density at radius 3 is 2.50 bits per heavy atom. The topological polar surface area (TPSA) is 52.5 Å². The molecule has 1 heterocycles. The van der Waals surface area contributed by atoms with E-state index in [2.05, 4.69) is 5.32 Å². The first-order chi connectivity index (χ1) is 6.63. The minimum atomic E-state index is -0.784. The Labute approximate surface area is 83.4 Å². The van der Waals surface area contributed by atoms with E-state index >= 15 is 0 Å². The molecule has 76 valence electrons. The number of phenols is 1. The van der Waals surface area contributed by atoms with Crippen molar-refractivity contribution in [2.45, 2.75) is 25.0 Å². The van der Waals surface area contributed by atoms with Gasteiger partial charge in [0, 0.05) is 6.04 Å². The van der Waals surface area contributed by atoms with Crippen LogP contribution in [0.4, 0.5) is 0 Å². The van der Waals surface area contributed by atoms with Gasteiger partial charge in [-0.15, -0.1) is 0 Å². The van der Waals surface area contributed by atoms with E-state index in [0.29, 0.717) is 0 Å². The number of phenolic OH excluding ortho intramolecular Hbond substituents is 1. The largest absolute Gasteiger partial charge is 0.508 e. The second-order valence-corrected chi connectivity index (χ2v) is 3.90. The second kappa shape index (κ2) is 3.26. The summed E-state index contributed by atoms with van der Waals surface area (Å²) in [6, 6.07) is 6.83. The van der Waals surface area contributed by atoms with Crippen molar-refractivity contribution >= 4 is 0 Å². The molecule has 0 aliphatic carbocycles. The van der Waals surface area contributed by atoms with Crippen molar-refractivity contribution in [2.24, 2.45) is 0 Å². The fourth-order valence-corrected chi connectivity index (χ4v) is 2.01. The van der Waals surface area contributed by atoms with Crippen molar-refractivity contribution in [2.75, 3.05) is 6.54 Å². The molecule has 0 spiro atoms. The van der Waals surface area contributed by atoms with E-state index in [0.717, 1.165) is 18.5 Å². The number of aliphatic hydroxyl groups is 1. The minimum absolute atomic E-state index is 0.0621. The molecule has 1 aromatic carbocycles. The molecule has 1 aliphatic rings. The highest BCUT2D eigenvalue weighted by atomic mass is 16.3. The second-order valence-electron chi connectivity index (χ2n) is 3.90. The molecular formula is C11H15NO2. The highest BCUT2D eigenvalue weighted by Gasteiger charge is 2.39. The lowest BCUT2D eigenvalue weighted by Crippen LogP contribution is -2.37. The molecule has 1 aliphatic heterocycles. The number of hydrogen-bond donors (Lipinski definition) is 3. The highest BCUT2D eigenvalue weighted by molar-refractivity contribution is 5.31. The fraction of sp³-hybridized carbons (Fsp3) is 0.455. The molecule has 14 heavy (non-hydrogen) atoms. The molecule has 2 atom stereocenters. The maximum absolute atomic E-state index is 10.4. The molecule has 1 aromatic rings. The third-order valence-corrected chi connectivity index (χ3v) is 3.04. The first-order valence-corrected chi connectivity index (χ1v) is 4.88. The predicted molar refractivity (Wildman–Crippen MR) is 54.1 cm³/mol. The van der Waals surface area contributed by atoms with Crippen molar-refractivity contribution in [1.29, 1.82) is 0 Å². The Balaban J connectivity index is 2.34. The van der Waals surface area contributed by atoms with Crippen LogP contribution in [0.15, 0.2) is 24.3 Å². The molecule has 0 bridgehead atoms. The van der Waals surface area contributed by atoms with E-state index in [1.807, 2.05) is 6.92 Å². The van der Waals surface area contributed by atoms with Gasteiger partial charge in [-0.1, -0.05) is 12.1 Å². The van der Waals surface area contributed by atoms with Gasteiger partial charge < -0.3 is 15.5 Å². The van der Waals surface area contributed by atoms with Crippen LogP contribution in [0.2, 0.25) is 0 Å². The van der Waals surface area contributed by atoms with Crippen molar-refractivity contribution in [3.05, 3.63) is 29.8 Å². The van der Waals surface area contributed by atoms with Gasteiger partial charge >= 0.3 is 0 Å². The summed E-state index contributed by atoms with van der Waals surface area (Å²) < 4.78 is 0. The van der Waals surface area contributed by atoms with E-state index in [1.54, 1.807) is 24.3 Å². The zero-order valence-corrected chi connectivity index (χ0v) is 8.20. The molecule has 3 heteroatoms. The van der Waals surface area contributed by atoms with Gasteiger partial charge in [-0.25, -0.2) is 0 Å². The summed E-state index contributed by atoms with van der Waals surface area (Å²) in [6.07, 6.45) is 0.721. The average molecular weight is 193 g/mol. The molecule has 3 nitrogen and oxygen atoms in total. The highest BCUT2D eigenvalue weighted by Crippen LogP contribution is 2.33. The lowest BCUT2D eigenvalue weighted by Gasteiger charge is -2.27. The van der Waals surface area contributed by atoms with Crippen LogP contribution in [0.3, 0.4) is 0 Å². The van der Waals surface area contributed by atoms with Crippen LogP contribution < -0.4 is 5.32 Å². The number of hydrogen-bond acceptors (Lipinski definition) is 3. The summed E-state index contributed by atoms with van der Waals surface area (Å²) in [6.45, 7) is 2.80. The maximum Gasteiger partial charge on any atom is 0.115 e. The number of aromatic hydroxyl groups is 1. The summed E-state index contributed by atoms with van der Waals surface area (Å²) in [5, 5.41) is 22.7. The van der Waals surface area contributed by atoms with Crippen molar-refractivity contribution in [3.63, 3.8) is 0 Å². The van der Waals surface area contributed by atoms with E-state index < -0.39 is 5.60 Å². The Morgan fingerprint density at radius 1 is 1.36 bits per heavy atom. The quantitative estimate of drug-likeness (QED) is 0.622. The Bertz CT molecular complexity index is 323. The standard InChI is InChI=1S/C11H15NO2/c1-8-11(14,6-7-12-8)9-2-4-10(13)5-3-9/h2-5,8,12-14H,6-7H2,1H3. The van der Waals surface area contributed by atoms with Gasteiger partial charge in [0.2, 0.25) is 0 Å². The lowest BCUT2D eigenvalue weighted by atomic mass is 9.87. The third kappa shape index (κ3) is 1.38. The van der Waals surface area contributed by atoms with Gasteiger partial charge in [0.05, 0.1) is 0 Å². The molecule has 0 amide bonds.